The summed E-state index contributed by atoms with van der Waals surface area (Å²) in [6.07, 6.45) is 1.07. The highest BCUT2D eigenvalue weighted by molar-refractivity contribution is 5.84. The summed E-state index contributed by atoms with van der Waals surface area (Å²) in [6.45, 7) is 4.97. The summed E-state index contributed by atoms with van der Waals surface area (Å²) >= 11 is 0. The van der Waals surface area contributed by atoms with Gasteiger partial charge in [0.05, 0.1) is 5.54 Å². The average Bonchev–Trinajstić information content (AvgIpc) is 2.18. The van der Waals surface area contributed by atoms with Crippen LogP contribution in [0.5, 0.6) is 0 Å². The van der Waals surface area contributed by atoms with E-state index >= 15 is 0 Å². The second-order valence-electron chi connectivity index (χ2n) is 3.62. The minimum absolute atomic E-state index is 0.204. The van der Waals surface area contributed by atoms with E-state index in [4.69, 9.17) is 5.73 Å². The van der Waals surface area contributed by atoms with Gasteiger partial charge in [0, 0.05) is 0 Å². The van der Waals surface area contributed by atoms with E-state index in [1.165, 1.54) is 0 Å². The van der Waals surface area contributed by atoms with E-state index in [0.29, 0.717) is 5.92 Å². The predicted molar refractivity (Wildman–Crippen MR) is 44.0 cm³/mol. The fourth-order valence-electron chi connectivity index (χ4n) is 1.71. The molecule has 1 amide bonds. The van der Waals surface area contributed by atoms with Crippen molar-refractivity contribution >= 4 is 5.91 Å². The van der Waals surface area contributed by atoms with Crippen molar-refractivity contribution in [2.24, 2.45) is 11.7 Å². The Balaban J connectivity index is 2.88. The Kier molecular flexibility index (Phi) is 1.92. The van der Waals surface area contributed by atoms with Gasteiger partial charge in [0.2, 0.25) is 5.91 Å². The lowest BCUT2D eigenvalue weighted by Crippen LogP contribution is -2.53. The van der Waals surface area contributed by atoms with Crippen LogP contribution in [0, 0.1) is 5.92 Å². The van der Waals surface area contributed by atoms with E-state index in [1.807, 2.05) is 18.9 Å². The molecule has 0 radical (unpaired) electrons. The molecule has 1 rings (SSSR count). The van der Waals surface area contributed by atoms with Gasteiger partial charge >= 0.3 is 0 Å². The van der Waals surface area contributed by atoms with Crippen LogP contribution in [0.15, 0.2) is 0 Å². The maximum Gasteiger partial charge on any atom is 0.237 e. The third kappa shape index (κ3) is 1.03. The highest BCUT2D eigenvalue weighted by Crippen LogP contribution is 2.32. The molecule has 3 nitrogen and oxygen atoms in total. The Morgan fingerprint density at radius 3 is 2.45 bits per heavy atom. The van der Waals surface area contributed by atoms with Crippen LogP contribution >= 0.6 is 0 Å². The zero-order chi connectivity index (χ0) is 8.65. The summed E-state index contributed by atoms with van der Waals surface area (Å²) in [5.41, 5.74) is 4.92. The van der Waals surface area contributed by atoms with Gasteiger partial charge in [-0.05, 0) is 32.9 Å². The van der Waals surface area contributed by atoms with Crippen molar-refractivity contribution in [3.8, 4) is 0 Å². The zero-order valence-electron chi connectivity index (χ0n) is 7.42. The maximum atomic E-state index is 11.1. The van der Waals surface area contributed by atoms with Gasteiger partial charge in [-0.15, -0.1) is 0 Å². The van der Waals surface area contributed by atoms with Gasteiger partial charge in [0.25, 0.3) is 0 Å². The number of rotatable bonds is 1. The normalized spacial score (nSPS) is 39.4. The lowest BCUT2D eigenvalue weighted by atomic mass is 9.88. The first-order chi connectivity index (χ1) is 4.99. The third-order valence-electron chi connectivity index (χ3n) is 3.15. The largest absolute Gasteiger partial charge is 0.368 e. The van der Waals surface area contributed by atoms with Crippen LogP contribution in [0.25, 0.3) is 0 Å². The van der Waals surface area contributed by atoms with Gasteiger partial charge in [-0.2, -0.15) is 0 Å². The van der Waals surface area contributed by atoms with Crippen LogP contribution in [0.4, 0.5) is 0 Å². The second-order valence-corrected chi connectivity index (χ2v) is 3.62. The molecule has 0 saturated carbocycles. The first-order valence-corrected chi connectivity index (χ1v) is 4.00. The molecule has 0 aromatic heterocycles. The summed E-state index contributed by atoms with van der Waals surface area (Å²) in [5.74, 6) is 0.176. The third-order valence-corrected chi connectivity index (χ3v) is 3.15. The number of likely N-dealkylation sites (tertiary alicyclic amines) is 1. The van der Waals surface area contributed by atoms with E-state index in [0.717, 1.165) is 13.0 Å². The number of primary amides is 1. The molecule has 1 saturated heterocycles. The molecule has 1 aliphatic rings. The number of carbonyl (C=O) groups is 1. The molecule has 0 bridgehead atoms. The molecule has 0 aromatic rings. The Bertz CT molecular complexity index is 169. The summed E-state index contributed by atoms with van der Waals surface area (Å²) < 4.78 is 0. The smallest absolute Gasteiger partial charge is 0.237 e. The molecule has 1 heterocycles. The Labute approximate surface area is 67.5 Å². The maximum absolute atomic E-state index is 11.1. The molecular formula is C8H16N2O. The molecule has 1 fully saturated rings. The van der Waals surface area contributed by atoms with Crippen molar-refractivity contribution in [1.82, 2.24) is 4.90 Å². The van der Waals surface area contributed by atoms with E-state index in [9.17, 15) is 4.79 Å². The Morgan fingerprint density at radius 2 is 2.27 bits per heavy atom. The fraction of sp³-hybridized carbons (Fsp3) is 0.875. The molecule has 0 aromatic carbocycles. The average molecular weight is 156 g/mol. The first kappa shape index (κ1) is 8.53. The molecule has 3 heteroatoms. The highest BCUT2D eigenvalue weighted by Gasteiger charge is 2.45. The van der Waals surface area contributed by atoms with Crippen molar-refractivity contribution in [2.75, 3.05) is 13.6 Å². The Morgan fingerprint density at radius 1 is 1.73 bits per heavy atom. The van der Waals surface area contributed by atoms with E-state index < -0.39 is 5.54 Å². The van der Waals surface area contributed by atoms with Gasteiger partial charge in [-0.3, -0.25) is 9.69 Å². The molecule has 11 heavy (non-hydrogen) atoms. The standard InChI is InChI=1S/C8H16N2O/c1-6-4-5-10(3)8(6,2)7(9)11/h6H,4-5H2,1-3H3,(H2,9,11). The van der Waals surface area contributed by atoms with Gasteiger partial charge < -0.3 is 5.73 Å². The quantitative estimate of drug-likeness (QED) is 0.589. The zero-order valence-corrected chi connectivity index (χ0v) is 7.42. The minimum atomic E-state index is -0.417. The van der Waals surface area contributed by atoms with Crippen LogP contribution in [0.3, 0.4) is 0 Å². The topological polar surface area (TPSA) is 46.3 Å². The molecule has 1 aliphatic heterocycles. The molecule has 2 N–H and O–H groups in total. The Hall–Kier alpha value is -0.570. The lowest BCUT2D eigenvalue weighted by molar-refractivity contribution is -0.128. The molecule has 64 valence electrons. The number of nitrogens with two attached hydrogens (primary N) is 1. The SMILES string of the molecule is CC1CCN(C)C1(C)C(N)=O. The number of nitrogens with zero attached hydrogens (tertiary/aromatic N) is 1. The van der Waals surface area contributed by atoms with Crippen molar-refractivity contribution in [3.05, 3.63) is 0 Å². The summed E-state index contributed by atoms with van der Waals surface area (Å²) in [6, 6.07) is 0. The van der Waals surface area contributed by atoms with Crippen molar-refractivity contribution < 1.29 is 4.79 Å². The summed E-state index contributed by atoms with van der Waals surface area (Å²) in [5, 5.41) is 0. The minimum Gasteiger partial charge on any atom is -0.368 e. The predicted octanol–water partition coefficient (Wildman–Crippen LogP) is 0.202. The molecular weight excluding hydrogens is 140 g/mol. The van der Waals surface area contributed by atoms with E-state index in [2.05, 4.69) is 6.92 Å². The van der Waals surface area contributed by atoms with Crippen LogP contribution in [-0.4, -0.2) is 29.9 Å². The monoisotopic (exact) mass is 156 g/mol. The van der Waals surface area contributed by atoms with Crippen LogP contribution < -0.4 is 5.73 Å². The number of carbonyl (C=O) groups excluding carboxylic acids is 1. The van der Waals surface area contributed by atoms with Crippen molar-refractivity contribution in [2.45, 2.75) is 25.8 Å². The first-order valence-electron chi connectivity index (χ1n) is 4.00. The number of hydrogen-bond donors (Lipinski definition) is 1. The van der Waals surface area contributed by atoms with Crippen LogP contribution in [0.1, 0.15) is 20.3 Å². The lowest BCUT2D eigenvalue weighted by Gasteiger charge is -2.32. The molecule has 2 atom stereocenters. The summed E-state index contributed by atoms with van der Waals surface area (Å²) in [7, 11) is 1.95. The summed E-state index contributed by atoms with van der Waals surface area (Å²) in [4.78, 5) is 13.2. The number of likely N-dealkylation sites (N-methyl/N-ethyl adjacent to an activating group) is 1. The van der Waals surface area contributed by atoms with Gasteiger partial charge in [-0.25, -0.2) is 0 Å². The number of amides is 1. The fourth-order valence-corrected chi connectivity index (χ4v) is 1.71. The van der Waals surface area contributed by atoms with Crippen molar-refractivity contribution in [1.29, 1.82) is 0 Å². The van der Waals surface area contributed by atoms with Crippen LogP contribution in [0.2, 0.25) is 0 Å². The van der Waals surface area contributed by atoms with E-state index in [-0.39, 0.29) is 5.91 Å². The van der Waals surface area contributed by atoms with Gasteiger partial charge in [0.15, 0.2) is 0 Å². The molecule has 0 spiro atoms. The van der Waals surface area contributed by atoms with Gasteiger partial charge in [0.1, 0.15) is 0 Å². The van der Waals surface area contributed by atoms with E-state index in [1.54, 1.807) is 0 Å². The van der Waals surface area contributed by atoms with Crippen LogP contribution in [-0.2, 0) is 4.79 Å². The van der Waals surface area contributed by atoms with Gasteiger partial charge in [-0.1, -0.05) is 6.92 Å². The molecule has 2 unspecified atom stereocenters. The van der Waals surface area contributed by atoms with Crippen molar-refractivity contribution in [3.63, 3.8) is 0 Å². The number of hydrogen-bond acceptors (Lipinski definition) is 2. The molecule has 0 aliphatic carbocycles. The highest BCUT2D eigenvalue weighted by atomic mass is 16.1. The second kappa shape index (κ2) is 2.48.